The first kappa shape index (κ1) is 10.2. The van der Waals surface area contributed by atoms with Gasteiger partial charge in [-0.05, 0) is 18.2 Å². The van der Waals surface area contributed by atoms with Crippen LogP contribution in [0.15, 0.2) is 18.2 Å². The van der Waals surface area contributed by atoms with Crippen LogP contribution < -0.4 is 4.90 Å². The molecule has 1 atom stereocenters. The molecule has 0 saturated carbocycles. The third-order valence-electron chi connectivity index (χ3n) is 2.63. The topological polar surface area (TPSA) is 46.1 Å². The molecule has 0 radical (unpaired) electrons. The van der Waals surface area contributed by atoms with E-state index < -0.39 is 0 Å². The maximum atomic E-state index is 11.7. The van der Waals surface area contributed by atoms with E-state index in [1.54, 1.807) is 4.90 Å². The number of rotatable bonds is 1. The Morgan fingerprint density at radius 1 is 1.38 bits per heavy atom. The molecular formula is C10H8BrN3OS. The predicted molar refractivity (Wildman–Crippen MR) is 67.1 cm³/mol. The van der Waals surface area contributed by atoms with E-state index >= 15 is 0 Å². The minimum atomic E-state index is 0.157. The van der Waals surface area contributed by atoms with E-state index in [9.17, 15) is 4.79 Å². The molecule has 2 heterocycles. The molecule has 1 aromatic carbocycles. The summed E-state index contributed by atoms with van der Waals surface area (Å²) < 4.78 is 8.31. The second-order valence-corrected chi connectivity index (χ2v) is 5.57. The zero-order valence-electron chi connectivity index (χ0n) is 8.26. The Balaban J connectivity index is 2.02. The molecule has 0 N–H and O–H groups in total. The maximum Gasteiger partial charge on any atom is 0.228 e. The van der Waals surface area contributed by atoms with Crippen molar-refractivity contribution in [3.05, 3.63) is 18.2 Å². The molecule has 1 aromatic heterocycles. The van der Waals surface area contributed by atoms with Crippen LogP contribution in [-0.4, -0.2) is 26.0 Å². The molecule has 1 unspecified atom stereocenters. The van der Waals surface area contributed by atoms with Gasteiger partial charge in [-0.15, -0.1) is 0 Å². The largest absolute Gasteiger partial charge is 0.311 e. The van der Waals surface area contributed by atoms with E-state index in [0.29, 0.717) is 6.42 Å². The number of benzene rings is 1. The average Bonchev–Trinajstić information content (AvgIpc) is 2.83. The molecule has 82 valence electrons. The van der Waals surface area contributed by atoms with Crippen molar-refractivity contribution >= 4 is 50.3 Å². The zero-order chi connectivity index (χ0) is 11.1. The summed E-state index contributed by atoms with van der Waals surface area (Å²) in [7, 11) is 0. The van der Waals surface area contributed by atoms with Gasteiger partial charge in [0.1, 0.15) is 11.0 Å². The van der Waals surface area contributed by atoms with Crippen LogP contribution in [0, 0.1) is 0 Å². The van der Waals surface area contributed by atoms with Crippen LogP contribution in [0.3, 0.4) is 0 Å². The monoisotopic (exact) mass is 297 g/mol. The van der Waals surface area contributed by atoms with Gasteiger partial charge in [-0.2, -0.15) is 8.75 Å². The molecule has 1 amide bonds. The Labute approximate surface area is 105 Å². The van der Waals surface area contributed by atoms with Crippen LogP contribution in [-0.2, 0) is 4.79 Å². The first-order chi connectivity index (χ1) is 7.74. The van der Waals surface area contributed by atoms with Crippen LogP contribution >= 0.6 is 27.7 Å². The van der Waals surface area contributed by atoms with E-state index in [1.165, 1.54) is 11.7 Å². The Morgan fingerprint density at radius 3 is 2.94 bits per heavy atom. The Hall–Kier alpha value is -1.01. The number of anilines is 1. The summed E-state index contributed by atoms with van der Waals surface area (Å²) in [6.45, 7) is 0.724. The number of hydrogen-bond donors (Lipinski definition) is 0. The fourth-order valence-corrected chi connectivity index (χ4v) is 2.94. The van der Waals surface area contributed by atoms with Gasteiger partial charge in [-0.1, -0.05) is 15.9 Å². The molecule has 1 aliphatic heterocycles. The molecule has 16 heavy (non-hydrogen) atoms. The molecule has 0 spiro atoms. The van der Waals surface area contributed by atoms with Gasteiger partial charge in [0, 0.05) is 23.5 Å². The summed E-state index contributed by atoms with van der Waals surface area (Å²) in [4.78, 5) is 13.8. The number of fused-ring (bicyclic) bond motifs is 1. The molecule has 4 nitrogen and oxygen atoms in total. The predicted octanol–water partition coefficient (Wildman–Crippen LogP) is 2.19. The van der Waals surface area contributed by atoms with Crippen LogP contribution in [0.5, 0.6) is 0 Å². The minimum absolute atomic E-state index is 0.157. The summed E-state index contributed by atoms with van der Waals surface area (Å²) in [6, 6.07) is 5.75. The quantitative estimate of drug-likeness (QED) is 0.758. The molecule has 6 heteroatoms. The third-order valence-corrected chi connectivity index (χ3v) is 3.80. The number of hydrogen-bond acceptors (Lipinski definition) is 4. The second kappa shape index (κ2) is 3.78. The molecule has 1 saturated heterocycles. The summed E-state index contributed by atoms with van der Waals surface area (Å²) in [5.41, 5.74) is 2.65. The zero-order valence-corrected chi connectivity index (χ0v) is 10.7. The highest BCUT2D eigenvalue weighted by molar-refractivity contribution is 9.09. The van der Waals surface area contributed by atoms with Crippen molar-refractivity contribution in [2.75, 3.05) is 11.4 Å². The number of alkyl halides is 1. The first-order valence-electron chi connectivity index (χ1n) is 4.91. The average molecular weight is 298 g/mol. The standard InChI is InChI=1S/C10H8BrN3OS/c11-6-3-10(15)14(5-6)7-1-2-8-9(4-7)13-16-12-8/h1-2,4,6H,3,5H2. The highest BCUT2D eigenvalue weighted by Crippen LogP contribution is 2.27. The van der Waals surface area contributed by atoms with Gasteiger partial charge in [0.05, 0.1) is 11.7 Å². The van der Waals surface area contributed by atoms with E-state index in [-0.39, 0.29) is 10.7 Å². The summed E-state index contributed by atoms with van der Waals surface area (Å²) in [5.74, 6) is 0.157. The summed E-state index contributed by atoms with van der Waals surface area (Å²) in [5, 5.41) is 0. The lowest BCUT2D eigenvalue weighted by Crippen LogP contribution is -2.24. The van der Waals surface area contributed by atoms with Crippen molar-refractivity contribution in [2.45, 2.75) is 11.2 Å². The first-order valence-corrected chi connectivity index (χ1v) is 6.55. The summed E-state index contributed by atoms with van der Waals surface area (Å²) >= 11 is 4.66. The lowest BCUT2D eigenvalue weighted by atomic mass is 10.2. The van der Waals surface area contributed by atoms with Gasteiger partial charge in [0.15, 0.2) is 0 Å². The van der Waals surface area contributed by atoms with Crippen molar-refractivity contribution in [1.29, 1.82) is 0 Å². The Kier molecular flexibility index (Phi) is 2.40. The number of halogens is 1. The van der Waals surface area contributed by atoms with E-state index in [4.69, 9.17) is 0 Å². The lowest BCUT2D eigenvalue weighted by Gasteiger charge is -2.15. The minimum Gasteiger partial charge on any atom is -0.311 e. The molecule has 0 aliphatic carbocycles. The van der Waals surface area contributed by atoms with Gasteiger partial charge < -0.3 is 4.90 Å². The molecule has 0 bridgehead atoms. The van der Waals surface area contributed by atoms with Crippen molar-refractivity contribution in [2.24, 2.45) is 0 Å². The highest BCUT2D eigenvalue weighted by Gasteiger charge is 2.28. The number of nitrogens with zero attached hydrogens (tertiary/aromatic N) is 3. The van der Waals surface area contributed by atoms with Crippen LogP contribution in [0.25, 0.3) is 11.0 Å². The molecule has 1 aliphatic rings. The van der Waals surface area contributed by atoms with E-state index in [1.807, 2.05) is 18.2 Å². The molecule has 3 rings (SSSR count). The number of amides is 1. The highest BCUT2D eigenvalue weighted by atomic mass is 79.9. The van der Waals surface area contributed by atoms with Crippen LogP contribution in [0.1, 0.15) is 6.42 Å². The van der Waals surface area contributed by atoms with Crippen molar-refractivity contribution in [3.63, 3.8) is 0 Å². The van der Waals surface area contributed by atoms with Crippen molar-refractivity contribution in [3.8, 4) is 0 Å². The van der Waals surface area contributed by atoms with Gasteiger partial charge in [-0.3, -0.25) is 4.79 Å². The smallest absolute Gasteiger partial charge is 0.228 e. The Bertz CT molecular complexity index is 556. The number of carbonyl (C=O) groups excluding carboxylic acids is 1. The SMILES string of the molecule is O=C1CC(Br)CN1c1ccc2nsnc2c1. The molecular weight excluding hydrogens is 290 g/mol. The Morgan fingerprint density at radius 2 is 2.19 bits per heavy atom. The fraction of sp³-hybridized carbons (Fsp3) is 0.300. The van der Waals surface area contributed by atoms with Crippen LogP contribution in [0.4, 0.5) is 5.69 Å². The van der Waals surface area contributed by atoms with Crippen molar-refractivity contribution < 1.29 is 4.79 Å². The number of aromatic nitrogens is 2. The maximum absolute atomic E-state index is 11.7. The van der Waals surface area contributed by atoms with Gasteiger partial charge >= 0.3 is 0 Å². The van der Waals surface area contributed by atoms with Gasteiger partial charge in [0.2, 0.25) is 5.91 Å². The molecule has 2 aromatic rings. The second-order valence-electron chi connectivity index (χ2n) is 3.74. The van der Waals surface area contributed by atoms with E-state index in [2.05, 4.69) is 24.7 Å². The third kappa shape index (κ3) is 1.62. The normalized spacial score (nSPS) is 20.9. The summed E-state index contributed by atoms with van der Waals surface area (Å²) in [6.07, 6.45) is 0.563. The lowest BCUT2D eigenvalue weighted by molar-refractivity contribution is -0.117. The number of carbonyl (C=O) groups is 1. The van der Waals surface area contributed by atoms with Crippen LogP contribution in [0.2, 0.25) is 0 Å². The van der Waals surface area contributed by atoms with Gasteiger partial charge in [-0.25, -0.2) is 0 Å². The molecule has 1 fully saturated rings. The fourth-order valence-electron chi connectivity index (χ4n) is 1.85. The van der Waals surface area contributed by atoms with Gasteiger partial charge in [0.25, 0.3) is 0 Å². The van der Waals surface area contributed by atoms with E-state index in [0.717, 1.165) is 23.3 Å². The van der Waals surface area contributed by atoms with Crippen molar-refractivity contribution in [1.82, 2.24) is 8.75 Å².